The smallest absolute Gasteiger partial charge is 0.303 e. The lowest BCUT2D eigenvalue weighted by Crippen LogP contribution is -2.32. The van der Waals surface area contributed by atoms with E-state index >= 15 is 0 Å². The molecule has 0 spiro atoms. The molecule has 1 unspecified atom stereocenters. The van der Waals surface area contributed by atoms with Gasteiger partial charge in [-0.15, -0.1) is 0 Å². The van der Waals surface area contributed by atoms with Gasteiger partial charge in [0.25, 0.3) is 0 Å². The molecule has 0 aromatic heterocycles. The Labute approximate surface area is 126 Å². The van der Waals surface area contributed by atoms with Crippen LogP contribution >= 0.6 is 0 Å². The maximum atomic E-state index is 10.5. The lowest BCUT2D eigenvalue weighted by atomic mass is 10.0. The van der Waals surface area contributed by atoms with Crippen LogP contribution in [0.4, 0.5) is 0 Å². The van der Waals surface area contributed by atoms with Crippen LogP contribution in [0.2, 0.25) is 0 Å². The van der Waals surface area contributed by atoms with Crippen LogP contribution in [-0.2, 0) is 11.2 Å². The van der Waals surface area contributed by atoms with Crippen molar-refractivity contribution in [3.05, 3.63) is 29.8 Å². The van der Waals surface area contributed by atoms with Crippen molar-refractivity contribution in [3.63, 3.8) is 0 Å². The number of hydrogen-bond donors (Lipinski definition) is 1. The van der Waals surface area contributed by atoms with Crippen LogP contribution in [0.15, 0.2) is 24.3 Å². The zero-order valence-electron chi connectivity index (χ0n) is 12.8. The zero-order valence-corrected chi connectivity index (χ0v) is 12.8. The third kappa shape index (κ3) is 4.74. The molecule has 0 aliphatic carbocycles. The molecule has 1 N–H and O–H groups in total. The van der Waals surface area contributed by atoms with Crippen molar-refractivity contribution >= 4 is 5.97 Å². The van der Waals surface area contributed by atoms with Crippen LogP contribution in [0.25, 0.3) is 0 Å². The molecule has 1 aliphatic heterocycles. The highest BCUT2D eigenvalue weighted by atomic mass is 16.5. The Kier molecular flexibility index (Phi) is 6.05. The largest absolute Gasteiger partial charge is 0.496 e. The fourth-order valence-corrected chi connectivity index (χ4v) is 3.14. The average Bonchev–Trinajstić information content (AvgIpc) is 2.91. The van der Waals surface area contributed by atoms with Gasteiger partial charge in [-0.25, -0.2) is 0 Å². The molecular weight excluding hydrogens is 266 g/mol. The molecule has 0 amide bonds. The molecule has 1 atom stereocenters. The van der Waals surface area contributed by atoms with Gasteiger partial charge in [-0.3, -0.25) is 4.79 Å². The van der Waals surface area contributed by atoms with Gasteiger partial charge in [-0.1, -0.05) is 18.2 Å². The number of nitrogens with zero attached hydrogens (tertiary/aromatic N) is 1. The van der Waals surface area contributed by atoms with E-state index in [2.05, 4.69) is 17.0 Å². The fraction of sp³-hybridized carbons (Fsp3) is 0.588. The van der Waals surface area contributed by atoms with Crippen molar-refractivity contribution in [2.45, 2.75) is 44.6 Å². The molecule has 4 heteroatoms. The predicted molar refractivity (Wildman–Crippen MR) is 82.8 cm³/mol. The molecule has 2 rings (SSSR count). The summed E-state index contributed by atoms with van der Waals surface area (Å²) in [6.07, 6.45) is 5.49. The first kappa shape index (κ1) is 15.8. The Bertz CT molecular complexity index is 461. The van der Waals surface area contributed by atoms with Crippen LogP contribution in [0, 0.1) is 0 Å². The highest BCUT2D eigenvalue weighted by Crippen LogP contribution is 2.26. The van der Waals surface area contributed by atoms with Crippen molar-refractivity contribution in [2.24, 2.45) is 0 Å². The van der Waals surface area contributed by atoms with Gasteiger partial charge in [0, 0.05) is 12.5 Å². The topological polar surface area (TPSA) is 49.8 Å². The summed E-state index contributed by atoms with van der Waals surface area (Å²) in [5.41, 5.74) is 1.27. The number of unbranched alkanes of at least 4 members (excludes halogenated alkanes) is 1. The third-order valence-corrected chi connectivity index (χ3v) is 4.23. The number of carboxylic acids is 1. The van der Waals surface area contributed by atoms with E-state index in [1.54, 1.807) is 7.11 Å². The third-order valence-electron chi connectivity index (χ3n) is 4.23. The Morgan fingerprint density at radius 2 is 2.19 bits per heavy atom. The van der Waals surface area contributed by atoms with Gasteiger partial charge in [0.1, 0.15) is 5.75 Å². The van der Waals surface area contributed by atoms with Crippen molar-refractivity contribution in [2.75, 3.05) is 20.2 Å². The number of para-hydroxylation sites is 1. The first-order valence-electron chi connectivity index (χ1n) is 7.78. The molecule has 1 heterocycles. The molecule has 1 fully saturated rings. The van der Waals surface area contributed by atoms with Crippen molar-refractivity contribution < 1.29 is 14.6 Å². The molecule has 116 valence electrons. The predicted octanol–water partition coefficient (Wildman–Crippen LogP) is 2.96. The lowest BCUT2D eigenvalue weighted by molar-refractivity contribution is -0.137. The number of aliphatic carboxylic acids is 1. The van der Waals surface area contributed by atoms with E-state index in [9.17, 15) is 4.79 Å². The van der Waals surface area contributed by atoms with Crippen molar-refractivity contribution in [1.82, 2.24) is 4.90 Å². The van der Waals surface area contributed by atoms with Crippen LogP contribution in [0.3, 0.4) is 0 Å². The number of likely N-dealkylation sites (tertiary alicyclic amines) is 1. The average molecular weight is 291 g/mol. The molecule has 21 heavy (non-hydrogen) atoms. The molecule has 1 aromatic carbocycles. The van der Waals surface area contributed by atoms with Gasteiger partial charge >= 0.3 is 5.97 Å². The van der Waals surface area contributed by atoms with E-state index in [4.69, 9.17) is 9.84 Å². The van der Waals surface area contributed by atoms with Gasteiger partial charge < -0.3 is 14.7 Å². The molecule has 1 aromatic rings. The van der Waals surface area contributed by atoms with Gasteiger partial charge in [0.2, 0.25) is 0 Å². The molecule has 1 saturated heterocycles. The van der Waals surface area contributed by atoms with Gasteiger partial charge in [0.05, 0.1) is 7.11 Å². The summed E-state index contributed by atoms with van der Waals surface area (Å²) in [5, 5.41) is 8.68. The molecule has 0 radical (unpaired) electrons. The number of benzene rings is 1. The van der Waals surface area contributed by atoms with Crippen molar-refractivity contribution in [1.29, 1.82) is 0 Å². The number of carbonyl (C=O) groups is 1. The van der Waals surface area contributed by atoms with E-state index in [0.717, 1.165) is 38.1 Å². The van der Waals surface area contributed by atoms with Crippen LogP contribution in [0.1, 0.15) is 37.7 Å². The Morgan fingerprint density at radius 3 is 2.95 bits per heavy atom. The summed E-state index contributed by atoms with van der Waals surface area (Å²) in [5.74, 6) is 0.275. The second kappa shape index (κ2) is 8.03. The Balaban J connectivity index is 1.85. The van der Waals surface area contributed by atoms with Crippen LogP contribution < -0.4 is 4.74 Å². The Morgan fingerprint density at radius 1 is 1.38 bits per heavy atom. The van der Waals surface area contributed by atoms with Crippen molar-refractivity contribution in [3.8, 4) is 5.75 Å². The van der Waals surface area contributed by atoms with E-state index in [1.807, 2.05) is 12.1 Å². The fourth-order valence-electron chi connectivity index (χ4n) is 3.14. The first-order chi connectivity index (χ1) is 10.2. The summed E-state index contributed by atoms with van der Waals surface area (Å²) in [4.78, 5) is 13.1. The van der Waals surface area contributed by atoms with Gasteiger partial charge in [0.15, 0.2) is 0 Å². The highest BCUT2D eigenvalue weighted by Gasteiger charge is 2.24. The number of ether oxygens (including phenoxy) is 1. The van der Waals surface area contributed by atoms with Crippen LogP contribution in [0.5, 0.6) is 5.75 Å². The Hall–Kier alpha value is -1.55. The monoisotopic (exact) mass is 291 g/mol. The number of rotatable bonds is 8. The molecule has 1 aliphatic rings. The molecule has 4 nitrogen and oxygen atoms in total. The van der Waals surface area contributed by atoms with E-state index in [1.165, 1.54) is 18.4 Å². The number of methoxy groups -OCH3 is 1. The highest BCUT2D eigenvalue weighted by molar-refractivity contribution is 5.66. The van der Waals surface area contributed by atoms with Gasteiger partial charge in [-0.05, 0) is 56.8 Å². The van der Waals surface area contributed by atoms with Gasteiger partial charge in [-0.2, -0.15) is 0 Å². The molecule has 0 saturated carbocycles. The summed E-state index contributed by atoms with van der Waals surface area (Å²) in [6.45, 7) is 2.14. The zero-order chi connectivity index (χ0) is 15.1. The van der Waals surface area contributed by atoms with Crippen LogP contribution in [-0.4, -0.2) is 42.2 Å². The molecule has 0 bridgehead atoms. The second-order valence-electron chi connectivity index (χ2n) is 5.70. The van der Waals surface area contributed by atoms with E-state index in [-0.39, 0.29) is 6.42 Å². The number of hydrogen-bond acceptors (Lipinski definition) is 3. The first-order valence-corrected chi connectivity index (χ1v) is 7.78. The quantitative estimate of drug-likeness (QED) is 0.748. The summed E-state index contributed by atoms with van der Waals surface area (Å²) in [7, 11) is 1.72. The lowest BCUT2D eigenvalue weighted by Gasteiger charge is -2.25. The minimum absolute atomic E-state index is 0.283. The maximum Gasteiger partial charge on any atom is 0.303 e. The summed E-state index contributed by atoms with van der Waals surface area (Å²) in [6, 6.07) is 8.78. The minimum Gasteiger partial charge on any atom is -0.496 e. The SMILES string of the molecule is COc1ccccc1CC1CCCN1CCCCC(=O)O. The van der Waals surface area contributed by atoms with E-state index in [0.29, 0.717) is 6.04 Å². The standard InChI is InChI=1S/C17H25NO3/c1-21-16-9-3-2-7-14(16)13-15-8-6-12-18(15)11-5-4-10-17(19)20/h2-3,7,9,15H,4-6,8,10-13H2,1H3,(H,19,20). The summed E-state index contributed by atoms with van der Waals surface area (Å²) < 4.78 is 5.43. The van der Waals surface area contributed by atoms with E-state index < -0.39 is 5.97 Å². The number of carboxylic acid groups (broad SMARTS) is 1. The minimum atomic E-state index is -0.693. The second-order valence-corrected chi connectivity index (χ2v) is 5.70. The molecular formula is C17H25NO3. The maximum absolute atomic E-state index is 10.5. The normalized spacial score (nSPS) is 18.8. The summed E-state index contributed by atoms with van der Waals surface area (Å²) >= 11 is 0.